The van der Waals surface area contributed by atoms with E-state index >= 15 is 0 Å². The zero-order chi connectivity index (χ0) is 17.9. The zero-order valence-electron chi connectivity index (χ0n) is 16.3. The van der Waals surface area contributed by atoms with Gasteiger partial charge in [0.25, 0.3) is 0 Å². The molecule has 1 N–H and O–H groups in total. The maximum absolute atomic E-state index is 4.57. The minimum absolute atomic E-state index is 0.274. The van der Waals surface area contributed by atoms with E-state index in [1.165, 1.54) is 44.1 Å². The van der Waals surface area contributed by atoms with Crippen molar-refractivity contribution in [3.63, 3.8) is 0 Å². The molecule has 3 rings (SSSR count). The van der Waals surface area contributed by atoms with Crippen LogP contribution in [-0.4, -0.2) is 71.9 Å². The number of likely N-dealkylation sites (tertiary alicyclic amines) is 1. The normalized spacial score (nSPS) is 24.1. The minimum Gasteiger partial charge on any atom is -0.354 e. The topological polar surface area (TPSA) is 48.7 Å². The molecule has 2 fully saturated rings. The molecule has 6 heteroatoms. The Labute approximate surface area is 152 Å². The van der Waals surface area contributed by atoms with Gasteiger partial charge in [0, 0.05) is 51.4 Å². The Kier molecular flexibility index (Phi) is 5.67. The molecule has 0 amide bonds. The van der Waals surface area contributed by atoms with Crippen LogP contribution in [0.25, 0.3) is 0 Å². The van der Waals surface area contributed by atoms with Crippen LogP contribution >= 0.6 is 0 Å². The Morgan fingerprint density at radius 2 is 2.12 bits per heavy atom. The van der Waals surface area contributed by atoms with Crippen molar-refractivity contribution in [1.82, 2.24) is 24.9 Å². The van der Waals surface area contributed by atoms with Crippen LogP contribution in [0.5, 0.6) is 0 Å². The van der Waals surface area contributed by atoms with Crippen molar-refractivity contribution in [3.05, 3.63) is 18.0 Å². The number of likely N-dealkylation sites (N-methyl/N-ethyl adjacent to an activating group) is 1. The quantitative estimate of drug-likeness (QED) is 0.670. The molecule has 1 saturated heterocycles. The van der Waals surface area contributed by atoms with Crippen LogP contribution in [0.4, 0.5) is 0 Å². The third-order valence-electron chi connectivity index (χ3n) is 6.20. The number of hydrogen-bond acceptors (Lipinski definition) is 3. The molecule has 0 spiro atoms. The third kappa shape index (κ3) is 4.00. The van der Waals surface area contributed by atoms with E-state index in [-0.39, 0.29) is 5.54 Å². The number of aromatic nitrogens is 2. The van der Waals surface area contributed by atoms with E-state index in [1.54, 1.807) is 0 Å². The molecule has 1 aliphatic heterocycles. The van der Waals surface area contributed by atoms with Gasteiger partial charge in [0.15, 0.2) is 5.96 Å². The lowest BCUT2D eigenvalue weighted by Gasteiger charge is -2.43. The molecule has 0 aromatic carbocycles. The van der Waals surface area contributed by atoms with E-state index in [2.05, 4.69) is 45.5 Å². The lowest BCUT2D eigenvalue weighted by atomic mass is 9.80. The summed E-state index contributed by atoms with van der Waals surface area (Å²) in [6.07, 6.45) is 11.9. The lowest BCUT2D eigenvalue weighted by molar-refractivity contribution is 0.103. The molecule has 1 atom stereocenters. The maximum atomic E-state index is 4.57. The summed E-state index contributed by atoms with van der Waals surface area (Å²) >= 11 is 0. The molecule has 0 radical (unpaired) electrons. The first-order valence-electron chi connectivity index (χ1n) is 9.66. The number of aryl methyl sites for hydroxylation is 1. The van der Waals surface area contributed by atoms with Crippen molar-refractivity contribution >= 4 is 5.96 Å². The summed E-state index contributed by atoms with van der Waals surface area (Å²) in [4.78, 5) is 9.40. The summed E-state index contributed by atoms with van der Waals surface area (Å²) < 4.78 is 1.90. The van der Waals surface area contributed by atoms with Crippen molar-refractivity contribution in [2.45, 2.75) is 50.0 Å². The standard InChI is InChI=1S/C19H34N6/c1-20-18(21-15-19(23(2)3)9-6-5-7-10-19)25-11-8-16(14-25)17-12-22-24(4)13-17/h12-13,16H,5-11,14-15H2,1-4H3,(H,20,21). The van der Waals surface area contributed by atoms with Gasteiger partial charge in [0.05, 0.1) is 6.20 Å². The Hall–Kier alpha value is -1.56. The van der Waals surface area contributed by atoms with Gasteiger partial charge in [-0.2, -0.15) is 5.10 Å². The van der Waals surface area contributed by atoms with Gasteiger partial charge in [-0.25, -0.2) is 0 Å². The highest BCUT2D eigenvalue weighted by Crippen LogP contribution is 2.32. The number of hydrogen-bond donors (Lipinski definition) is 1. The van der Waals surface area contributed by atoms with Gasteiger partial charge in [-0.05, 0) is 38.9 Å². The fourth-order valence-corrected chi connectivity index (χ4v) is 4.44. The molecule has 2 heterocycles. The van der Waals surface area contributed by atoms with E-state index in [0.29, 0.717) is 5.92 Å². The Morgan fingerprint density at radius 1 is 1.36 bits per heavy atom. The van der Waals surface area contributed by atoms with Gasteiger partial charge >= 0.3 is 0 Å². The highest BCUT2D eigenvalue weighted by molar-refractivity contribution is 5.80. The van der Waals surface area contributed by atoms with Gasteiger partial charge in [-0.3, -0.25) is 9.67 Å². The number of aliphatic imine (C=N–C) groups is 1. The molecule has 1 aliphatic carbocycles. The van der Waals surface area contributed by atoms with Crippen molar-refractivity contribution in [2.75, 3.05) is 40.8 Å². The van der Waals surface area contributed by atoms with Crippen LogP contribution in [0.3, 0.4) is 0 Å². The summed E-state index contributed by atoms with van der Waals surface area (Å²) in [6.45, 7) is 3.08. The number of nitrogens with one attached hydrogen (secondary N) is 1. The van der Waals surface area contributed by atoms with Crippen LogP contribution in [0, 0.1) is 0 Å². The molecule has 1 aromatic rings. The molecule has 25 heavy (non-hydrogen) atoms. The van der Waals surface area contributed by atoms with E-state index in [4.69, 9.17) is 0 Å². The second kappa shape index (κ2) is 7.77. The largest absolute Gasteiger partial charge is 0.354 e. The number of rotatable bonds is 4. The predicted molar refractivity (Wildman–Crippen MR) is 103 cm³/mol. The smallest absolute Gasteiger partial charge is 0.193 e. The summed E-state index contributed by atoms with van der Waals surface area (Å²) in [5.74, 6) is 1.61. The Balaban J connectivity index is 1.59. The SMILES string of the molecule is CN=C(NCC1(N(C)C)CCCCC1)N1CCC(c2cnn(C)c2)C1. The monoisotopic (exact) mass is 346 g/mol. The molecular formula is C19H34N6. The van der Waals surface area contributed by atoms with Crippen molar-refractivity contribution < 1.29 is 0 Å². The lowest BCUT2D eigenvalue weighted by Crippen LogP contribution is -2.55. The summed E-state index contributed by atoms with van der Waals surface area (Å²) in [6, 6.07) is 0. The summed E-state index contributed by atoms with van der Waals surface area (Å²) in [7, 11) is 8.35. The van der Waals surface area contributed by atoms with E-state index in [9.17, 15) is 0 Å². The van der Waals surface area contributed by atoms with Crippen molar-refractivity contribution in [1.29, 1.82) is 0 Å². The second-order valence-corrected chi connectivity index (χ2v) is 7.96. The average molecular weight is 347 g/mol. The molecule has 6 nitrogen and oxygen atoms in total. The molecule has 1 unspecified atom stereocenters. The summed E-state index contributed by atoms with van der Waals surface area (Å²) in [5, 5.41) is 8.02. The van der Waals surface area contributed by atoms with Gasteiger partial charge in [0.2, 0.25) is 0 Å². The zero-order valence-corrected chi connectivity index (χ0v) is 16.3. The number of guanidine groups is 1. The van der Waals surface area contributed by atoms with Crippen molar-refractivity contribution in [3.8, 4) is 0 Å². The highest BCUT2D eigenvalue weighted by atomic mass is 15.3. The molecular weight excluding hydrogens is 312 g/mol. The van der Waals surface area contributed by atoms with E-state index in [0.717, 1.165) is 25.6 Å². The fraction of sp³-hybridized carbons (Fsp3) is 0.789. The Morgan fingerprint density at radius 3 is 2.72 bits per heavy atom. The maximum Gasteiger partial charge on any atom is 0.193 e. The first-order valence-corrected chi connectivity index (χ1v) is 9.66. The number of nitrogens with zero attached hydrogens (tertiary/aromatic N) is 5. The van der Waals surface area contributed by atoms with Crippen molar-refractivity contribution in [2.24, 2.45) is 12.0 Å². The molecule has 0 bridgehead atoms. The Bertz CT molecular complexity index is 584. The third-order valence-corrected chi connectivity index (χ3v) is 6.20. The first kappa shape index (κ1) is 18.2. The molecule has 1 aromatic heterocycles. The van der Waals surface area contributed by atoms with E-state index in [1.807, 2.05) is 25.0 Å². The van der Waals surface area contributed by atoms with Crippen LogP contribution in [0.1, 0.15) is 50.0 Å². The van der Waals surface area contributed by atoms with Crippen LogP contribution in [0.2, 0.25) is 0 Å². The van der Waals surface area contributed by atoms with Gasteiger partial charge in [-0.15, -0.1) is 0 Å². The first-order chi connectivity index (χ1) is 12.0. The molecule has 1 saturated carbocycles. The fourth-order valence-electron chi connectivity index (χ4n) is 4.44. The predicted octanol–water partition coefficient (Wildman–Crippen LogP) is 2.05. The van der Waals surface area contributed by atoms with Crippen LogP contribution in [-0.2, 0) is 7.05 Å². The van der Waals surface area contributed by atoms with Crippen LogP contribution in [0.15, 0.2) is 17.4 Å². The van der Waals surface area contributed by atoms with Gasteiger partial charge < -0.3 is 15.1 Å². The summed E-state index contributed by atoms with van der Waals surface area (Å²) in [5.41, 5.74) is 1.62. The van der Waals surface area contributed by atoms with E-state index < -0.39 is 0 Å². The molecule has 140 valence electrons. The molecule has 2 aliphatic rings. The second-order valence-electron chi connectivity index (χ2n) is 7.96. The average Bonchev–Trinajstić information content (AvgIpc) is 3.25. The van der Waals surface area contributed by atoms with Crippen LogP contribution < -0.4 is 5.32 Å². The minimum atomic E-state index is 0.274. The van der Waals surface area contributed by atoms with Gasteiger partial charge in [0.1, 0.15) is 0 Å². The highest BCUT2D eigenvalue weighted by Gasteiger charge is 2.35. The van der Waals surface area contributed by atoms with Gasteiger partial charge in [-0.1, -0.05) is 19.3 Å².